The van der Waals surface area contributed by atoms with Crippen molar-refractivity contribution in [1.29, 1.82) is 0 Å². The molecule has 24 heavy (non-hydrogen) atoms. The number of hydrogen-bond donors (Lipinski definition) is 1. The third-order valence-corrected chi connectivity index (χ3v) is 4.95. The van der Waals surface area contributed by atoms with E-state index in [1.807, 2.05) is 13.0 Å². The van der Waals surface area contributed by atoms with Crippen LogP contribution < -0.4 is 5.32 Å². The molecule has 2 rings (SSSR count). The van der Waals surface area contributed by atoms with E-state index in [0.717, 1.165) is 6.42 Å². The third kappa shape index (κ3) is 4.99. The molecule has 1 aromatic rings. The molecule has 1 aliphatic heterocycles. The fraction of sp³-hybridized carbons (Fsp3) is 0.444. The lowest BCUT2D eigenvalue weighted by Gasteiger charge is -2.30. The van der Waals surface area contributed by atoms with Crippen LogP contribution in [0.15, 0.2) is 24.3 Å². The molecule has 1 fully saturated rings. The van der Waals surface area contributed by atoms with Gasteiger partial charge in [-0.25, -0.2) is 0 Å². The lowest BCUT2D eigenvalue weighted by Crippen LogP contribution is -2.42. The first-order chi connectivity index (χ1) is 11.5. The van der Waals surface area contributed by atoms with Crippen molar-refractivity contribution in [2.75, 3.05) is 19.6 Å². The normalized spacial score (nSPS) is 15.7. The first-order valence-corrected chi connectivity index (χ1v) is 8.97. The van der Waals surface area contributed by atoms with E-state index in [9.17, 15) is 9.59 Å². The van der Waals surface area contributed by atoms with Crippen molar-refractivity contribution in [2.24, 2.45) is 5.92 Å². The van der Waals surface area contributed by atoms with Gasteiger partial charge in [-0.1, -0.05) is 42.3 Å². The van der Waals surface area contributed by atoms with Crippen LogP contribution in [0.3, 0.4) is 0 Å². The summed E-state index contributed by atoms with van der Waals surface area (Å²) in [6.45, 7) is 3.93. The maximum Gasteiger partial charge on any atom is 0.246 e. The van der Waals surface area contributed by atoms with Crippen LogP contribution in [0.4, 0.5) is 0 Å². The summed E-state index contributed by atoms with van der Waals surface area (Å²) in [4.78, 5) is 26.0. The summed E-state index contributed by atoms with van der Waals surface area (Å²) in [6.07, 6.45) is 5.52. The minimum absolute atomic E-state index is 0.00644. The fourth-order valence-corrected chi connectivity index (χ4v) is 3.04. The number of likely N-dealkylation sites (tertiary alicyclic amines) is 1. The van der Waals surface area contributed by atoms with E-state index in [4.69, 9.17) is 23.2 Å². The minimum Gasteiger partial charge on any atom is -0.356 e. The Hall–Kier alpha value is -1.52. The minimum atomic E-state index is -0.0709. The van der Waals surface area contributed by atoms with Gasteiger partial charge in [0.2, 0.25) is 11.8 Å². The van der Waals surface area contributed by atoms with Crippen LogP contribution in [0.1, 0.15) is 31.7 Å². The number of carbonyl (C=O) groups excluding carboxylic acids is 2. The van der Waals surface area contributed by atoms with Crippen LogP contribution in [0, 0.1) is 5.92 Å². The lowest BCUT2D eigenvalue weighted by atomic mass is 9.96. The molecular formula is C18H22Cl2N2O2. The average molecular weight is 369 g/mol. The quantitative estimate of drug-likeness (QED) is 0.804. The van der Waals surface area contributed by atoms with Gasteiger partial charge in [0.15, 0.2) is 0 Å². The second kappa shape index (κ2) is 9.09. The first kappa shape index (κ1) is 18.8. The van der Waals surface area contributed by atoms with Crippen molar-refractivity contribution in [1.82, 2.24) is 10.2 Å². The van der Waals surface area contributed by atoms with E-state index in [1.165, 1.54) is 6.08 Å². The monoisotopic (exact) mass is 368 g/mol. The Morgan fingerprint density at radius 1 is 1.29 bits per heavy atom. The average Bonchev–Trinajstić information content (AvgIpc) is 2.60. The maximum atomic E-state index is 12.3. The molecule has 0 aliphatic carbocycles. The molecule has 1 heterocycles. The van der Waals surface area contributed by atoms with Crippen molar-refractivity contribution in [3.8, 4) is 0 Å². The van der Waals surface area contributed by atoms with Gasteiger partial charge >= 0.3 is 0 Å². The molecule has 0 bridgehead atoms. The van der Waals surface area contributed by atoms with E-state index >= 15 is 0 Å². The molecule has 0 unspecified atom stereocenters. The Bertz CT molecular complexity index is 623. The number of carbonyl (C=O) groups is 2. The SMILES string of the molecule is CCCNC(=O)C1CCN(C(=O)/C=C/c2cccc(Cl)c2Cl)CC1. The summed E-state index contributed by atoms with van der Waals surface area (Å²) in [6, 6.07) is 5.30. The molecule has 0 spiro atoms. The van der Waals surface area contributed by atoms with E-state index in [2.05, 4.69) is 5.32 Å². The summed E-state index contributed by atoms with van der Waals surface area (Å²) < 4.78 is 0. The van der Waals surface area contributed by atoms with Crippen LogP contribution in [0.25, 0.3) is 6.08 Å². The van der Waals surface area contributed by atoms with E-state index in [-0.39, 0.29) is 17.7 Å². The summed E-state index contributed by atoms with van der Waals surface area (Å²) in [5, 5.41) is 3.82. The Kier molecular flexibility index (Phi) is 7.13. The van der Waals surface area contributed by atoms with Gasteiger partial charge in [0.1, 0.15) is 0 Å². The number of nitrogens with zero attached hydrogens (tertiary/aromatic N) is 1. The number of rotatable bonds is 5. The molecule has 6 heteroatoms. The molecule has 0 aromatic heterocycles. The number of halogens is 2. The van der Waals surface area contributed by atoms with Crippen molar-refractivity contribution < 1.29 is 9.59 Å². The van der Waals surface area contributed by atoms with Gasteiger partial charge in [0.05, 0.1) is 10.0 Å². The molecule has 1 N–H and O–H groups in total. The zero-order valence-corrected chi connectivity index (χ0v) is 15.2. The molecule has 130 valence electrons. The van der Waals surface area contributed by atoms with Gasteiger partial charge in [0.25, 0.3) is 0 Å². The van der Waals surface area contributed by atoms with Crippen LogP contribution in [-0.4, -0.2) is 36.3 Å². The molecule has 0 saturated carbocycles. The number of hydrogen-bond acceptors (Lipinski definition) is 2. The van der Waals surface area contributed by atoms with Crippen LogP contribution in [0.2, 0.25) is 10.0 Å². The zero-order valence-electron chi connectivity index (χ0n) is 13.7. The van der Waals surface area contributed by atoms with Crippen molar-refractivity contribution in [3.63, 3.8) is 0 Å². The molecular weight excluding hydrogens is 347 g/mol. The smallest absolute Gasteiger partial charge is 0.246 e. The maximum absolute atomic E-state index is 12.3. The van der Waals surface area contributed by atoms with E-state index < -0.39 is 0 Å². The first-order valence-electron chi connectivity index (χ1n) is 8.21. The number of amides is 2. The van der Waals surface area contributed by atoms with Gasteiger partial charge in [0, 0.05) is 31.6 Å². The molecule has 0 atom stereocenters. The third-order valence-electron chi connectivity index (χ3n) is 4.11. The predicted octanol–water partition coefficient (Wildman–Crippen LogP) is 3.77. The van der Waals surface area contributed by atoms with E-state index in [0.29, 0.717) is 48.1 Å². The second-order valence-corrected chi connectivity index (χ2v) is 6.65. The van der Waals surface area contributed by atoms with Crippen molar-refractivity contribution >= 4 is 41.1 Å². The van der Waals surface area contributed by atoms with Gasteiger partial charge in [-0.2, -0.15) is 0 Å². The predicted molar refractivity (Wildman–Crippen MR) is 98.1 cm³/mol. The molecule has 4 nitrogen and oxygen atoms in total. The largest absolute Gasteiger partial charge is 0.356 e. The molecule has 0 radical (unpaired) electrons. The highest BCUT2D eigenvalue weighted by Gasteiger charge is 2.26. The number of piperidine rings is 1. The Morgan fingerprint density at radius 3 is 2.67 bits per heavy atom. The van der Waals surface area contributed by atoms with Crippen LogP contribution in [0.5, 0.6) is 0 Å². The highest BCUT2D eigenvalue weighted by Crippen LogP contribution is 2.26. The summed E-state index contributed by atoms with van der Waals surface area (Å²) >= 11 is 12.1. The Labute approximate surface area is 152 Å². The highest BCUT2D eigenvalue weighted by molar-refractivity contribution is 6.42. The summed E-state index contributed by atoms with van der Waals surface area (Å²) in [5.41, 5.74) is 0.714. The Morgan fingerprint density at radius 2 is 2.00 bits per heavy atom. The standard InChI is InChI=1S/C18H22Cl2N2O2/c1-2-10-21-18(24)14-8-11-22(12-9-14)16(23)7-6-13-4-3-5-15(19)17(13)20/h3-7,14H,2,8-12H2,1H3,(H,21,24)/b7-6+. The molecule has 1 aromatic carbocycles. The van der Waals surface area contributed by atoms with E-state index in [1.54, 1.807) is 23.1 Å². The summed E-state index contributed by atoms with van der Waals surface area (Å²) in [7, 11) is 0. The number of nitrogens with one attached hydrogen (secondary N) is 1. The van der Waals surface area contributed by atoms with Crippen molar-refractivity contribution in [2.45, 2.75) is 26.2 Å². The Balaban J connectivity index is 1.88. The molecule has 1 saturated heterocycles. The van der Waals surface area contributed by atoms with Crippen LogP contribution >= 0.6 is 23.2 Å². The second-order valence-electron chi connectivity index (χ2n) is 5.87. The molecule has 2 amide bonds. The van der Waals surface area contributed by atoms with Gasteiger partial charge in [-0.05, 0) is 37.0 Å². The van der Waals surface area contributed by atoms with Gasteiger partial charge in [-0.15, -0.1) is 0 Å². The van der Waals surface area contributed by atoms with Crippen LogP contribution in [-0.2, 0) is 9.59 Å². The topological polar surface area (TPSA) is 49.4 Å². The zero-order chi connectivity index (χ0) is 17.5. The summed E-state index contributed by atoms with van der Waals surface area (Å²) in [5.74, 6) is 0.0376. The molecule has 1 aliphatic rings. The fourth-order valence-electron chi connectivity index (χ4n) is 2.67. The van der Waals surface area contributed by atoms with Crippen molar-refractivity contribution in [3.05, 3.63) is 39.9 Å². The highest BCUT2D eigenvalue weighted by atomic mass is 35.5. The number of benzene rings is 1. The van der Waals surface area contributed by atoms with Gasteiger partial charge < -0.3 is 10.2 Å². The van der Waals surface area contributed by atoms with Gasteiger partial charge in [-0.3, -0.25) is 9.59 Å². The lowest BCUT2D eigenvalue weighted by molar-refractivity contribution is -0.132.